The minimum atomic E-state index is -1.13. The van der Waals surface area contributed by atoms with Gasteiger partial charge < -0.3 is 10.1 Å². The number of nitrogens with one attached hydrogen (secondary N) is 2. The molecule has 0 aliphatic rings. The number of hydrogen-bond acceptors (Lipinski definition) is 8. The van der Waals surface area contributed by atoms with Crippen molar-refractivity contribution in [3.05, 3.63) is 102 Å². The van der Waals surface area contributed by atoms with Gasteiger partial charge >= 0.3 is 6.09 Å². The van der Waals surface area contributed by atoms with Gasteiger partial charge in [-0.05, 0) is 60.5 Å². The highest BCUT2D eigenvalue weighted by Crippen LogP contribution is 2.26. The summed E-state index contributed by atoms with van der Waals surface area (Å²) in [6.45, 7) is 1.38. The van der Waals surface area contributed by atoms with Gasteiger partial charge in [0, 0.05) is 31.3 Å². The van der Waals surface area contributed by atoms with E-state index in [1.54, 1.807) is 36.7 Å². The molecule has 206 valence electrons. The monoisotopic (exact) mass is 556 g/mol. The molecule has 0 fully saturated rings. The lowest BCUT2D eigenvalue weighted by Gasteiger charge is -2.15. The lowest BCUT2D eigenvalue weighted by Crippen LogP contribution is -2.19. The minimum Gasteiger partial charge on any atom is -0.441 e. The topological polar surface area (TPSA) is 137 Å². The van der Waals surface area contributed by atoms with E-state index in [9.17, 15) is 18.4 Å². The Kier molecular flexibility index (Phi) is 7.67. The van der Waals surface area contributed by atoms with E-state index in [2.05, 4.69) is 35.9 Å². The molecule has 0 unspecified atom stereocenters. The van der Waals surface area contributed by atoms with Crippen molar-refractivity contribution in [1.29, 1.82) is 0 Å². The van der Waals surface area contributed by atoms with E-state index in [4.69, 9.17) is 4.74 Å². The van der Waals surface area contributed by atoms with E-state index in [0.29, 0.717) is 16.9 Å². The van der Waals surface area contributed by atoms with Crippen molar-refractivity contribution in [3.63, 3.8) is 0 Å². The molecule has 13 heteroatoms. The molecule has 2 amide bonds. The van der Waals surface area contributed by atoms with Crippen LogP contribution in [-0.4, -0.2) is 41.9 Å². The molecule has 41 heavy (non-hydrogen) atoms. The first-order chi connectivity index (χ1) is 19.8. The zero-order chi connectivity index (χ0) is 28.9. The van der Waals surface area contributed by atoms with Crippen molar-refractivity contribution in [2.24, 2.45) is 7.05 Å². The van der Waals surface area contributed by atoms with E-state index in [1.165, 1.54) is 24.9 Å². The Bertz CT molecular complexity index is 1690. The lowest BCUT2D eigenvalue weighted by molar-refractivity contribution is 0.102. The Morgan fingerprint density at radius 1 is 0.927 bits per heavy atom. The Hall–Kier alpha value is -5.59. The van der Waals surface area contributed by atoms with E-state index in [-0.39, 0.29) is 23.0 Å². The molecule has 0 spiro atoms. The van der Waals surface area contributed by atoms with Gasteiger partial charge in [0.2, 0.25) is 5.95 Å². The number of aromatic nitrogens is 6. The molecule has 11 nitrogen and oxygen atoms in total. The summed E-state index contributed by atoms with van der Waals surface area (Å²) in [6.07, 6.45) is 3.42. The molecule has 2 N–H and O–H groups in total. The number of ether oxygens (including phenoxy) is 1. The first-order valence-corrected chi connectivity index (χ1v) is 12.2. The second kappa shape index (κ2) is 11.7. The fourth-order valence-electron chi connectivity index (χ4n) is 3.91. The number of hydrogen-bond donors (Lipinski definition) is 2. The molecular formula is C28H22F2N8O3. The van der Waals surface area contributed by atoms with Crippen molar-refractivity contribution in [2.45, 2.75) is 13.0 Å². The highest BCUT2D eigenvalue weighted by atomic mass is 19.1. The second-order valence-electron chi connectivity index (χ2n) is 8.82. The fourth-order valence-corrected chi connectivity index (χ4v) is 3.91. The maximum Gasteiger partial charge on any atom is 0.413 e. The van der Waals surface area contributed by atoms with Gasteiger partial charge in [0.05, 0.1) is 23.0 Å². The molecule has 4 heterocycles. The van der Waals surface area contributed by atoms with Crippen LogP contribution >= 0.6 is 0 Å². The van der Waals surface area contributed by atoms with Crippen LogP contribution in [0.5, 0.6) is 0 Å². The van der Waals surface area contributed by atoms with Crippen LogP contribution in [0.15, 0.2) is 79.4 Å². The molecule has 1 atom stereocenters. The van der Waals surface area contributed by atoms with Crippen LogP contribution in [-0.2, 0) is 11.8 Å². The normalized spacial score (nSPS) is 11.5. The maximum absolute atomic E-state index is 13.9. The summed E-state index contributed by atoms with van der Waals surface area (Å²) in [6, 6.07) is 15.2. The molecule has 0 saturated carbocycles. The van der Waals surface area contributed by atoms with Gasteiger partial charge in [0.15, 0.2) is 11.5 Å². The molecule has 1 aromatic carbocycles. The molecule has 4 aromatic heterocycles. The third kappa shape index (κ3) is 6.19. The predicted octanol–water partition coefficient (Wildman–Crippen LogP) is 5.17. The van der Waals surface area contributed by atoms with Gasteiger partial charge in [-0.15, -0.1) is 5.10 Å². The van der Waals surface area contributed by atoms with Gasteiger partial charge in [0.1, 0.15) is 11.9 Å². The molecule has 0 saturated heterocycles. The van der Waals surface area contributed by atoms with Crippen LogP contribution in [0, 0.1) is 11.8 Å². The second-order valence-corrected chi connectivity index (χ2v) is 8.82. The van der Waals surface area contributed by atoms with Crippen molar-refractivity contribution in [2.75, 3.05) is 10.6 Å². The number of pyridine rings is 3. The van der Waals surface area contributed by atoms with Crippen LogP contribution in [0.3, 0.4) is 0 Å². The largest absolute Gasteiger partial charge is 0.441 e. The maximum atomic E-state index is 13.9. The summed E-state index contributed by atoms with van der Waals surface area (Å²) in [7, 11) is 1.54. The smallest absolute Gasteiger partial charge is 0.413 e. The third-order valence-corrected chi connectivity index (χ3v) is 6.03. The Labute approximate surface area is 232 Å². The van der Waals surface area contributed by atoms with Crippen molar-refractivity contribution < 1.29 is 23.1 Å². The summed E-state index contributed by atoms with van der Waals surface area (Å²) >= 11 is 0. The van der Waals surface area contributed by atoms with Gasteiger partial charge in [-0.25, -0.2) is 18.9 Å². The predicted molar refractivity (Wildman–Crippen MR) is 145 cm³/mol. The summed E-state index contributed by atoms with van der Waals surface area (Å²) in [5.41, 5.74) is 3.21. The molecule has 0 aliphatic carbocycles. The fraction of sp³-hybridized carbons (Fsp3) is 0.107. The Balaban J connectivity index is 1.24. The molecule has 5 aromatic rings. The van der Waals surface area contributed by atoms with Crippen LogP contribution < -0.4 is 10.6 Å². The molecule has 0 bridgehead atoms. The summed E-state index contributed by atoms with van der Waals surface area (Å²) in [4.78, 5) is 36.9. The number of anilines is 2. The van der Waals surface area contributed by atoms with Crippen LogP contribution in [0.25, 0.3) is 22.5 Å². The first kappa shape index (κ1) is 27.0. The van der Waals surface area contributed by atoms with Crippen LogP contribution in [0.1, 0.15) is 28.9 Å². The number of aryl methyl sites for hydroxylation is 1. The summed E-state index contributed by atoms with van der Waals surface area (Å²) in [5, 5.41) is 13.3. The zero-order valence-electron chi connectivity index (χ0n) is 21.7. The van der Waals surface area contributed by atoms with Crippen LogP contribution in [0.4, 0.5) is 25.1 Å². The minimum absolute atomic E-state index is 0.138. The zero-order valence-corrected chi connectivity index (χ0v) is 21.7. The van der Waals surface area contributed by atoms with E-state index in [1.807, 2.05) is 24.3 Å². The van der Waals surface area contributed by atoms with Crippen molar-refractivity contribution >= 4 is 23.5 Å². The number of rotatable bonds is 7. The SMILES string of the molecule is C[C@@H](OC(=O)Nc1c(-c2ccc(C(=O)Nc3ccc(-c4ccncc4)cc3)cn2)nnn1C)c1cc(F)cnc1F. The van der Waals surface area contributed by atoms with Crippen molar-refractivity contribution in [3.8, 4) is 22.5 Å². The first-order valence-electron chi connectivity index (χ1n) is 12.2. The van der Waals surface area contributed by atoms with E-state index in [0.717, 1.165) is 23.4 Å². The summed E-state index contributed by atoms with van der Waals surface area (Å²) < 4.78 is 33.9. The van der Waals surface area contributed by atoms with Gasteiger partial charge in [-0.1, -0.05) is 17.3 Å². The number of carbonyl (C=O) groups excluding carboxylic acids is 2. The molecule has 0 aliphatic heterocycles. The average Bonchev–Trinajstić information content (AvgIpc) is 3.34. The number of benzene rings is 1. The number of nitrogens with zero attached hydrogens (tertiary/aromatic N) is 6. The molecular weight excluding hydrogens is 534 g/mol. The number of amides is 2. The van der Waals surface area contributed by atoms with E-state index >= 15 is 0 Å². The molecule has 5 rings (SSSR count). The van der Waals surface area contributed by atoms with E-state index < -0.39 is 24.0 Å². The Morgan fingerprint density at radius 2 is 1.66 bits per heavy atom. The average molecular weight is 557 g/mol. The van der Waals surface area contributed by atoms with Gasteiger partial charge in [-0.3, -0.25) is 20.1 Å². The molecule has 0 radical (unpaired) electrons. The highest BCUT2D eigenvalue weighted by molar-refractivity contribution is 6.04. The standard InChI is InChI=1S/C28H22F2N8O3/c1-16(22-13-20(29)15-33-25(22)30)41-28(40)35-26-24(36-37-38(26)2)23-8-5-19(14-32-23)27(39)34-21-6-3-17(4-7-21)18-9-11-31-12-10-18/h3-16H,1-2H3,(H,34,39)(H,35,40)/t16-/m1/s1. The van der Waals surface area contributed by atoms with Gasteiger partial charge in [0.25, 0.3) is 5.91 Å². The number of carbonyl (C=O) groups is 2. The van der Waals surface area contributed by atoms with Gasteiger partial charge in [-0.2, -0.15) is 4.39 Å². The quantitative estimate of drug-likeness (QED) is 0.262. The van der Waals surface area contributed by atoms with Crippen molar-refractivity contribution in [1.82, 2.24) is 29.9 Å². The van der Waals surface area contributed by atoms with Crippen LogP contribution in [0.2, 0.25) is 0 Å². The Morgan fingerprint density at radius 3 is 2.37 bits per heavy atom. The third-order valence-electron chi connectivity index (χ3n) is 6.03. The summed E-state index contributed by atoms with van der Waals surface area (Å²) in [5.74, 6) is -1.95. The lowest BCUT2D eigenvalue weighted by atomic mass is 10.1. The number of halogens is 2. The highest BCUT2D eigenvalue weighted by Gasteiger charge is 2.21.